The van der Waals surface area contributed by atoms with Gasteiger partial charge >= 0.3 is 5.97 Å². The van der Waals surface area contributed by atoms with E-state index in [2.05, 4.69) is 0 Å². The number of amides is 1. The number of carboxylic acids is 1. The molecule has 1 N–H and O–H groups in total. The average molecular weight is 341 g/mol. The normalized spacial score (nSPS) is 15.9. The lowest BCUT2D eigenvalue weighted by Crippen LogP contribution is -2.47. The minimum absolute atomic E-state index is 0.00287. The summed E-state index contributed by atoms with van der Waals surface area (Å²) in [7, 11) is 1.59. The van der Waals surface area contributed by atoms with E-state index in [-0.39, 0.29) is 18.9 Å². The van der Waals surface area contributed by atoms with E-state index in [1.807, 2.05) is 24.3 Å². The summed E-state index contributed by atoms with van der Waals surface area (Å²) in [6.45, 7) is -0.00287. The second-order valence-corrected chi connectivity index (χ2v) is 5.73. The molecule has 1 aliphatic heterocycles. The van der Waals surface area contributed by atoms with Crippen molar-refractivity contribution in [3.8, 4) is 11.5 Å². The lowest BCUT2D eigenvalue weighted by atomic mass is 10.1. The van der Waals surface area contributed by atoms with Crippen LogP contribution < -0.4 is 14.4 Å². The third-order valence-electron chi connectivity index (χ3n) is 4.15. The van der Waals surface area contributed by atoms with Gasteiger partial charge in [0.15, 0.2) is 0 Å². The molecule has 0 saturated carbocycles. The maximum atomic E-state index is 12.7. The minimum atomic E-state index is -1.09. The van der Waals surface area contributed by atoms with Gasteiger partial charge in [-0.25, -0.2) is 4.79 Å². The Kier molecular flexibility index (Phi) is 4.88. The van der Waals surface area contributed by atoms with Crippen LogP contribution in [0.25, 0.3) is 0 Å². The van der Waals surface area contributed by atoms with E-state index in [9.17, 15) is 14.7 Å². The topological polar surface area (TPSA) is 76.1 Å². The van der Waals surface area contributed by atoms with E-state index >= 15 is 0 Å². The minimum Gasteiger partial charge on any atom is -0.496 e. The quantitative estimate of drug-likeness (QED) is 0.904. The molecule has 1 aliphatic rings. The highest BCUT2D eigenvalue weighted by Crippen LogP contribution is 2.33. The van der Waals surface area contributed by atoms with Gasteiger partial charge in [0.1, 0.15) is 11.5 Å². The second kappa shape index (κ2) is 7.25. The number of benzene rings is 2. The van der Waals surface area contributed by atoms with Crippen molar-refractivity contribution in [1.82, 2.24) is 0 Å². The fourth-order valence-electron chi connectivity index (χ4n) is 2.89. The third-order valence-corrected chi connectivity index (χ3v) is 4.15. The third kappa shape index (κ3) is 3.57. The van der Waals surface area contributed by atoms with E-state index in [0.29, 0.717) is 17.9 Å². The summed E-state index contributed by atoms with van der Waals surface area (Å²) in [5.41, 5.74) is 1.54. The molecule has 1 atom stereocenters. The molecule has 2 aromatic carbocycles. The van der Waals surface area contributed by atoms with Crippen molar-refractivity contribution in [3.05, 3.63) is 54.1 Å². The number of nitrogens with zero attached hydrogens (tertiary/aromatic N) is 1. The smallest absolute Gasteiger partial charge is 0.346 e. The summed E-state index contributed by atoms with van der Waals surface area (Å²) >= 11 is 0. The number of ether oxygens (including phenoxy) is 2. The molecule has 6 heteroatoms. The predicted molar refractivity (Wildman–Crippen MR) is 92.2 cm³/mol. The maximum Gasteiger partial charge on any atom is 0.346 e. The number of carboxylic acid groups (broad SMARTS) is 1. The van der Waals surface area contributed by atoms with Gasteiger partial charge in [-0.05, 0) is 30.2 Å². The summed E-state index contributed by atoms with van der Waals surface area (Å²) in [6.07, 6.45) is -0.300. The van der Waals surface area contributed by atoms with Gasteiger partial charge in [-0.1, -0.05) is 30.3 Å². The monoisotopic (exact) mass is 341 g/mol. The Morgan fingerprint density at radius 1 is 1.20 bits per heavy atom. The van der Waals surface area contributed by atoms with Gasteiger partial charge in [0.2, 0.25) is 12.0 Å². The van der Waals surface area contributed by atoms with Crippen LogP contribution in [0.4, 0.5) is 5.69 Å². The zero-order valence-corrected chi connectivity index (χ0v) is 13.8. The number of aryl methyl sites for hydroxylation is 1. The van der Waals surface area contributed by atoms with Crippen molar-refractivity contribution >= 4 is 17.6 Å². The van der Waals surface area contributed by atoms with Gasteiger partial charge in [0.05, 0.1) is 19.3 Å². The van der Waals surface area contributed by atoms with E-state index in [1.54, 1.807) is 31.4 Å². The van der Waals surface area contributed by atoms with Crippen molar-refractivity contribution in [2.75, 3.05) is 18.6 Å². The average Bonchev–Trinajstić information content (AvgIpc) is 2.65. The van der Waals surface area contributed by atoms with E-state index in [1.165, 1.54) is 4.90 Å². The molecule has 0 aliphatic carbocycles. The number of methoxy groups -OCH3 is 1. The molecule has 0 bridgehead atoms. The molecule has 3 rings (SSSR count). The van der Waals surface area contributed by atoms with Crippen LogP contribution in [-0.2, 0) is 16.0 Å². The fourth-order valence-corrected chi connectivity index (χ4v) is 2.89. The Bertz CT molecular complexity index is 789. The molecular formula is C19H19NO5. The first-order valence-electron chi connectivity index (χ1n) is 8.01. The standard InChI is InChI=1S/C19H19NO5/c1-24-15-8-4-2-6-13(15)10-11-18(21)20-12-17(19(22)23)25-16-9-5-3-7-14(16)20/h2-9,17H,10-12H2,1H3,(H,22,23). The highest BCUT2D eigenvalue weighted by molar-refractivity contribution is 5.96. The molecule has 25 heavy (non-hydrogen) atoms. The van der Waals surface area contributed by atoms with Gasteiger partial charge in [-0.15, -0.1) is 0 Å². The molecule has 0 radical (unpaired) electrons. The summed E-state index contributed by atoms with van der Waals surface area (Å²) in [4.78, 5) is 25.5. The largest absolute Gasteiger partial charge is 0.496 e. The number of anilines is 1. The Morgan fingerprint density at radius 2 is 1.92 bits per heavy atom. The fraction of sp³-hybridized carbons (Fsp3) is 0.263. The molecule has 0 spiro atoms. The molecule has 1 amide bonds. The van der Waals surface area contributed by atoms with Crippen molar-refractivity contribution in [3.63, 3.8) is 0 Å². The van der Waals surface area contributed by atoms with Crippen LogP contribution in [0.15, 0.2) is 48.5 Å². The Balaban J connectivity index is 1.78. The highest BCUT2D eigenvalue weighted by atomic mass is 16.5. The lowest BCUT2D eigenvalue weighted by molar-refractivity contribution is -0.145. The number of carbonyl (C=O) groups excluding carboxylic acids is 1. The van der Waals surface area contributed by atoms with E-state index in [4.69, 9.17) is 9.47 Å². The van der Waals surface area contributed by atoms with Crippen LogP contribution in [-0.4, -0.2) is 36.7 Å². The van der Waals surface area contributed by atoms with Crippen molar-refractivity contribution < 1.29 is 24.2 Å². The summed E-state index contributed by atoms with van der Waals surface area (Å²) in [5.74, 6) is -0.0854. The molecular weight excluding hydrogens is 322 g/mol. The maximum absolute atomic E-state index is 12.7. The van der Waals surface area contributed by atoms with Crippen LogP contribution >= 0.6 is 0 Å². The summed E-state index contributed by atoms with van der Waals surface area (Å²) in [6, 6.07) is 14.5. The summed E-state index contributed by atoms with van der Waals surface area (Å²) < 4.78 is 10.8. The summed E-state index contributed by atoms with van der Waals surface area (Å²) in [5, 5.41) is 9.26. The number of hydrogen-bond donors (Lipinski definition) is 1. The SMILES string of the molecule is COc1ccccc1CCC(=O)N1CC(C(=O)O)Oc2ccccc21. The highest BCUT2D eigenvalue weighted by Gasteiger charge is 2.33. The second-order valence-electron chi connectivity index (χ2n) is 5.73. The number of fused-ring (bicyclic) bond motifs is 1. The molecule has 2 aromatic rings. The van der Waals surface area contributed by atoms with Crippen molar-refractivity contribution in [2.45, 2.75) is 18.9 Å². The Labute approximate surface area is 145 Å². The number of hydrogen-bond acceptors (Lipinski definition) is 4. The van der Waals surface area contributed by atoms with Gasteiger partial charge in [0, 0.05) is 6.42 Å². The van der Waals surface area contributed by atoms with Gasteiger partial charge < -0.3 is 19.5 Å². The molecule has 0 fully saturated rings. The van der Waals surface area contributed by atoms with Crippen LogP contribution in [0.1, 0.15) is 12.0 Å². The molecule has 1 unspecified atom stereocenters. The molecule has 0 saturated heterocycles. The van der Waals surface area contributed by atoms with Gasteiger partial charge in [-0.3, -0.25) is 4.79 Å². The number of aliphatic carboxylic acids is 1. The van der Waals surface area contributed by atoms with Gasteiger partial charge in [0.25, 0.3) is 0 Å². The van der Waals surface area contributed by atoms with Crippen molar-refractivity contribution in [2.24, 2.45) is 0 Å². The number of carbonyl (C=O) groups is 2. The molecule has 6 nitrogen and oxygen atoms in total. The van der Waals surface area contributed by atoms with E-state index < -0.39 is 12.1 Å². The van der Waals surface area contributed by atoms with Crippen molar-refractivity contribution in [1.29, 1.82) is 0 Å². The molecule has 130 valence electrons. The Morgan fingerprint density at radius 3 is 2.68 bits per heavy atom. The lowest BCUT2D eigenvalue weighted by Gasteiger charge is -2.33. The molecule has 1 heterocycles. The zero-order valence-electron chi connectivity index (χ0n) is 13.8. The van der Waals surface area contributed by atoms with Crippen LogP contribution in [0.5, 0.6) is 11.5 Å². The molecule has 0 aromatic heterocycles. The first-order chi connectivity index (χ1) is 12.1. The first-order valence-corrected chi connectivity index (χ1v) is 8.01. The first kappa shape index (κ1) is 16.8. The van der Waals surface area contributed by atoms with Gasteiger partial charge in [-0.2, -0.15) is 0 Å². The van der Waals surface area contributed by atoms with E-state index in [0.717, 1.165) is 11.3 Å². The van der Waals surface area contributed by atoms with Crippen LogP contribution in [0.3, 0.4) is 0 Å². The number of para-hydroxylation sites is 3. The van der Waals surface area contributed by atoms with Crippen LogP contribution in [0, 0.1) is 0 Å². The number of rotatable bonds is 5. The Hall–Kier alpha value is -3.02. The van der Waals surface area contributed by atoms with Crippen LogP contribution in [0.2, 0.25) is 0 Å². The predicted octanol–water partition coefficient (Wildman–Crippen LogP) is 2.51. The zero-order chi connectivity index (χ0) is 17.8.